The first-order chi connectivity index (χ1) is 8.85. The summed E-state index contributed by atoms with van der Waals surface area (Å²) in [6.07, 6.45) is 4.98. The SMILES string of the molecule is CS(=O)(=O)CCC(N)C(=O)N1CCCCCC1CO. The van der Waals surface area contributed by atoms with E-state index >= 15 is 0 Å². The van der Waals surface area contributed by atoms with E-state index in [0.29, 0.717) is 6.54 Å². The van der Waals surface area contributed by atoms with Crippen LogP contribution in [0.3, 0.4) is 0 Å². The Balaban J connectivity index is 2.62. The van der Waals surface area contributed by atoms with Gasteiger partial charge in [-0.05, 0) is 19.3 Å². The number of nitrogens with zero attached hydrogens (tertiary/aromatic N) is 1. The number of carbonyl (C=O) groups is 1. The smallest absolute Gasteiger partial charge is 0.239 e. The van der Waals surface area contributed by atoms with Gasteiger partial charge in [-0.2, -0.15) is 0 Å². The van der Waals surface area contributed by atoms with Crippen LogP contribution in [0, 0.1) is 0 Å². The third kappa shape index (κ3) is 5.46. The Morgan fingerprint density at radius 1 is 1.42 bits per heavy atom. The largest absolute Gasteiger partial charge is 0.394 e. The Kier molecular flexibility index (Phi) is 6.22. The molecular formula is C12H24N2O4S. The Morgan fingerprint density at radius 3 is 2.68 bits per heavy atom. The molecule has 1 heterocycles. The fourth-order valence-electron chi connectivity index (χ4n) is 2.33. The molecule has 0 bridgehead atoms. The predicted molar refractivity (Wildman–Crippen MR) is 73.4 cm³/mol. The lowest BCUT2D eigenvalue weighted by atomic mass is 10.1. The first kappa shape index (κ1) is 16.4. The number of rotatable bonds is 5. The summed E-state index contributed by atoms with van der Waals surface area (Å²) < 4.78 is 22.2. The summed E-state index contributed by atoms with van der Waals surface area (Å²) in [4.78, 5) is 13.9. The van der Waals surface area contributed by atoms with Gasteiger partial charge in [-0.25, -0.2) is 8.42 Å². The third-order valence-electron chi connectivity index (χ3n) is 3.49. The second kappa shape index (κ2) is 7.21. The molecule has 3 N–H and O–H groups in total. The lowest BCUT2D eigenvalue weighted by Gasteiger charge is -2.30. The number of amides is 1. The van der Waals surface area contributed by atoms with Gasteiger partial charge in [-0.15, -0.1) is 0 Å². The van der Waals surface area contributed by atoms with Crippen LogP contribution >= 0.6 is 0 Å². The number of sulfone groups is 1. The van der Waals surface area contributed by atoms with Gasteiger partial charge in [0.25, 0.3) is 0 Å². The third-order valence-corrected chi connectivity index (χ3v) is 4.47. The predicted octanol–water partition coefficient (Wildman–Crippen LogP) is -0.488. The number of likely N-dealkylation sites (tertiary alicyclic amines) is 1. The van der Waals surface area contributed by atoms with E-state index in [-0.39, 0.29) is 30.7 Å². The van der Waals surface area contributed by atoms with E-state index in [1.165, 1.54) is 0 Å². The van der Waals surface area contributed by atoms with Crippen LogP contribution in [0.5, 0.6) is 0 Å². The van der Waals surface area contributed by atoms with Crippen molar-refractivity contribution in [1.82, 2.24) is 4.90 Å². The molecule has 1 fully saturated rings. The summed E-state index contributed by atoms with van der Waals surface area (Å²) in [5.74, 6) is -0.332. The molecule has 2 atom stereocenters. The van der Waals surface area contributed by atoms with Gasteiger partial charge in [-0.3, -0.25) is 4.79 Å². The molecule has 0 aromatic heterocycles. The minimum Gasteiger partial charge on any atom is -0.394 e. The highest BCUT2D eigenvalue weighted by Crippen LogP contribution is 2.17. The zero-order valence-electron chi connectivity index (χ0n) is 11.4. The second-order valence-electron chi connectivity index (χ2n) is 5.24. The van der Waals surface area contributed by atoms with Crippen LogP contribution in [0.15, 0.2) is 0 Å². The molecule has 1 aliphatic heterocycles. The molecule has 2 unspecified atom stereocenters. The highest BCUT2D eigenvalue weighted by Gasteiger charge is 2.28. The van der Waals surface area contributed by atoms with Gasteiger partial charge in [0.2, 0.25) is 5.91 Å². The maximum atomic E-state index is 12.2. The maximum Gasteiger partial charge on any atom is 0.239 e. The van der Waals surface area contributed by atoms with Crippen molar-refractivity contribution >= 4 is 15.7 Å². The first-order valence-corrected chi connectivity index (χ1v) is 8.76. The van der Waals surface area contributed by atoms with E-state index in [0.717, 1.165) is 31.9 Å². The molecule has 112 valence electrons. The highest BCUT2D eigenvalue weighted by atomic mass is 32.2. The summed E-state index contributed by atoms with van der Waals surface area (Å²) in [5, 5.41) is 9.35. The molecule has 0 aromatic rings. The van der Waals surface area contributed by atoms with E-state index in [1.807, 2.05) is 0 Å². The zero-order valence-corrected chi connectivity index (χ0v) is 12.2. The van der Waals surface area contributed by atoms with Gasteiger partial charge < -0.3 is 15.7 Å². The lowest BCUT2D eigenvalue weighted by molar-refractivity contribution is -0.135. The molecule has 1 saturated heterocycles. The highest BCUT2D eigenvalue weighted by molar-refractivity contribution is 7.90. The minimum absolute atomic E-state index is 0.0649. The van der Waals surface area contributed by atoms with Crippen molar-refractivity contribution in [2.45, 2.75) is 44.2 Å². The van der Waals surface area contributed by atoms with Crippen LogP contribution in [-0.2, 0) is 14.6 Å². The van der Waals surface area contributed by atoms with Crippen LogP contribution in [0.4, 0.5) is 0 Å². The molecule has 0 saturated carbocycles. The number of nitrogens with two attached hydrogens (primary N) is 1. The van der Waals surface area contributed by atoms with Crippen LogP contribution < -0.4 is 5.73 Å². The van der Waals surface area contributed by atoms with Crippen LogP contribution in [0.1, 0.15) is 32.1 Å². The summed E-state index contributed by atoms with van der Waals surface area (Å²) in [7, 11) is -3.11. The van der Waals surface area contributed by atoms with Crippen molar-refractivity contribution in [3.05, 3.63) is 0 Å². The molecule has 0 radical (unpaired) electrons. The number of hydrogen-bond donors (Lipinski definition) is 2. The van der Waals surface area contributed by atoms with E-state index < -0.39 is 15.9 Å². The topological polar surface area (TPSA) is 101 Å². The number of aliphatic hydroxyl groups is 1. The van der Waals surface area contributed by atoms with Gasteiger partial charge >= 0.3 is 0 Å². The Bertz CT molecular complexity index is 397. The monoisotopic (exact) mass is 292 g/mol. The van der Waals surface area contributed by atoms with Crippen molar-refractivity contribution in [3.8, 4) is 0 Å². The van der Waals surface area contributed by atoms with E-state index in [2.05, 4.69) is 0 Å². The zero-order chi connectivity index (χ0) is 14.5. The first-order valence-electron chi connectivity index (χ1n) is 6.70. The van der Waals surface area contributed by atoms with Crippen molar-refractivity contribution in [1.29, 1.82) is 0 Å². The average Bonchev–Trinajstić information content (AvgIpc) is 2.58. The van der Waals surface area contributed by atoms with E-state index in [1.54, 1.807) is 4.90 Å². The molecule has 7 heteroatoms. The number of hydrogen-bond acceptors (Lipinski definition) is 5. The summed E-state index contributed by atoms with van der Waals surface area (Å²) in [5.41, 5.74) is 5.79. The molecule has 1 rings (SSSR count). The molecule has 1 amide bonds. The quantitative estimate of drug-likeness (QED) is 0.712. The Labute approximate surface area is 114 Å². The molecule has 0 aliphatic carbocycles. The van der Waals surface area contributed by atoms with Gasteiger partial charge in [0.15, 0.2) is 0 Å². The minimum atomic E-state index is -3.11. The van der Waals surface area contributed by atoms with Gasteiger partial charge in [-0.1, -0.05) is 12.8 Å². The average molecular weight is 292 g/mol. The molecule has 6 nitrogen and oxygen atoms in total. The molecular weight excluding hydrogens is 268 g/mol. The molecule has 1 aliphatic rings. The summed E-state index contributed by atoms with van der Waals surface area (Å²) in [6, 6.07) is -0.985. The van der Waals surface area contributed by atoms with Gasteiger partial charge in [0, 0.05) is 12.8 Å². The van der Waals surface area contributed by atoms with E-state index in [9.17, 15) is 18.3 Å². The Hall–Kier alpha value is -0.660. The molecule has 0 spiro atoms. The fraction of sp³-hybridized carbons (Fsp3) is 0.917. The van der Waals surface area contributed by atoms with Gasteiger partial charge in [0.05, 0.1) is 24.4 Å². The molecule has 19 heavy (non-hydrogen) atoms. The lowest BCUT2D eigenvalue weighted by Crippen LogP contribution is -2.50. The van der Waals surface area contributed by atoms with Crippen molar-refractivity contribution in [2.75, 3.05) is 25.2 Å². The Morgan fingerprint density at radius 2 is 2.11 bits per heavy atom. The van der Waals surface area contributed by atoms with Crippen molar-refractivity contribution in [2.24, 2.45) is 5.73 Å². The van der Waals surface area contributed by atoms with Crippen molar-refractivity contribution in [3.63, 3.8) is 0 Å². The van der Waals surface area contributed by atoms with Crippen LogP contribution in [0.2, 0.25) is 0 Å². The fourth-order valence-corrected chi connectivity index (χ4v) is 3.02. The normalized spacial score (nSPS) is 22.9. The number of aliphatic hydroxyl groups excluding tert-OH is 1. The van der Waals surface area contributed by atoms with Crippen LogP contribution in [0.25, 0.3) is 0 Å². The van der Waals surface area contributed by atoms with Crippen LogP contribution in [-0.4, -0.2) is 61.6 Å². The maximum absolute atomic E-state index is 12.2. The van der Waals surface area contributed by atoms with Gasteiger partial charge in [0.1, 0.15) is 9.84 Å². The second-order valence-corrected chi connectivity index (χ2v) is 7.50. The summed E-state index contributed by atoms with van der Waals surface area (Å²) >= 11 is 0. The molecule has 0 aromatic carbocycles. The summed E-state index contributed by atoms with van der Waals surface area (Å²) in [6.45, 7) is 0.529. The number of carbonyl (C=O) groups excluding carboxylic acids is 1. The van der Waals surface area contributed by atoms with E-state index in [4.69, 9.17) is 5.73 Å². The van der Waals surface area contributed by atoms with Crippen molar-refractivity contribution < 1.29 is 18.3 Å². The standard InChI is InChI=1S/C12H24N2O4S/c1-19(17,18)8-6-11(13)12(16)14-7-4-2-3-5-10(14)9-15/h10-11,15H,2-9,13H2,1H3.